The lowest BCUT2D eigenvalue weighted by molar-refractivity contribution is -0.138. The van der Waals surface area contributed by atoms with Crippen LogP contribution < -0.4 is 5.32 Å². The second-order valence-electron chi connectivity index (χ2n) is 5.12. The fraction of sp³-hybridized carbons (Fsp3) is 0.188. The van der Waals surface area contributed by atoms with E-state index < -0.39 is 35.8 Å². The van der Waals surface area contributed by atoms with Crippen molar-refractivity contribution in [1.29, 1.82) is 0 Å². The van der Waals surface area contributed by atoms with E-state index in [2.05, 4.69) is 21.2 Å². The molecular formula is C16H10BrF6NO. The molecule has 2 aromatic rings. The summed E-state index contributed by atoms with van der Waals surface area (Å²) in [5.41, 5.74) is -1.88. The van der Waals surface area contributed by atoms with Crippen LogP contribution in [-0.4, -0.2) is 5.91 Å². The predicted molar refractivity (Wildman–Crippen MR) is 82.9 cm³/mol. The van der Waals surface area contributed by atoms with Gasteiger partial charge < -0.3 is 5.32 Å². The van der Waals surface area contributed by atoms with E-state index in [0.29, 0.717) is 0 Å². The van der Waals surface area contributed by atoms with Gasteiger partial charge in [0.2, 0.25) is 5.91 Å². The zero-order chi connectivity index (χ0) is 18.8. The Hall–Kier alpha value is -2.03. The minimum Gasteiger partial charge on any atom is -0.326 e. The van der Waals surface area contributed by atoms with Gasteiger partial charge in [0.1, 0.15) is 0 Å². The van der Waals surface area contributed by atoms with Gasteiger partial charge in [0.05, 0.1) is 17.5 Å². The largest absolute Gasteiger partial charge is 0.417 e. The standard InChI is InChI=1S/C16H10BrF6NO/c17-13-5-4-11(8-12(13)16(21,22)23)24-14(25)7-9-2-1-3-10(6-9)15(18,19)20/h1-6,8H,7H2,(H,24,25). The third-order valence-corrected chi connectivity index (χ3v) is 3.87. The molecule has 1 N–H and O–H groups in total. The van der Waals surface area contributed by atoms with Crippen LogP contribution in [0.15, 0.2) is 46.9 Å². The molecule has 0 spiro atoms. The lowest BCUT2D eigenvalue weighted by Crippen LogP contribution is -2.16. The van der Waals surface area contributed by atoms with Crippen LogP contribution in [-0.2, 0) is 23.6 Å². The van der Waals surface area contributed by atoms with Gasteiger partial charge >= 0.3 is 12.4 Å². The van der Waals surface area contributed by atoms with Crippen LogP contribution in [0.2, 0.25) is 0 Å². The Bertz CT molecular complexity index is 785. The van der Waals surface area contributed by atoms with Crippen LogP contribution in [0.5, 0.6) is 0 Å². The summed E-state index contributed by atoms with van der Waals surface area (Å²) in [7, 11) is 0. The summed E-state index contributed by atoms with van der Waals surface area (Å²) in [6, 6.07) is 7.30. The molecule has 0 saturated carbocycles. The number of benzene rings is 2. The number of carbonyl (C=O) groups is 1. The molecule has 25 heavy (non-hydrogen) atoms. The summed E-state index contributed by atoms with van der Waals surface area (Å²) in [5, 5.41) is 2.25. The molecule has 2 rings (SSSR count). The van der Waals surface area contributed by atoms with Crippen LogP contribution in [0.4, 0.5) is 32.0 Å². The molecule has 2 nitrogen and oxygen atoms in total. The molecule has 0 fully saturated rings. The Labute approximate surface area is 147 Å². The highest BCUT2D eigenvalue weighted by Gasteiger charge is 2.33. The first-order valence-corrected chi connectivity index (χ1v) is 7.59. The van der Waals surface area contributed by atoms with Gasteiger partial charge in [-0.3, -0.25) is 4.79 Å². The van der Waals surface area contributed by atoms with Gasteiger partial charge in [-0.2, -0.15) is 26.3 Å². The van der Waals surface area contributed by atoms with Gasteiger partial charge in [0, 0.05) is 10.2 Å². The summed E-state index contributed by atoms with van der Waals surface area (Å²) in [4.78, 5) is 11.9. The maximum Gasteiger partial charge on any atom is 0.417 e. The molecule has 9 heteroatoms. The van der Waals surface area contributed by atoms with Crippen molar-refractivity contribution in [3.63, 3.8) is 0 Å². The van der Waals surface area contributed by atoms with Crippen LogP contribution in [0.3, 0.4) is 0 Å². The molecule has 0 aliphatic heterocycles. The van der Waals surface area contributed by atoms with E-state index in [0.717, 1.165) is 30.3 Å². The number of rotatable bonds is 3. The van der Waals surface area contributed by atoms with E-state index in [9.17, 15) is 31.1 Å². The van der Waals surface area contributed by atoms with Crippen LogP contribution >= 0.6 is 15.9 Å². The molecule has 0 saturated heterocycles. The zero-order valence-electron chi connectivity index (χ0n) is 12.3. The Morgan fingerprint density at radius 3 is 2.24 bits per heavy atom. The molecule has 1 amide bonds. The number of amides is 1. The van der Waals surface area contributed by atoms with Crippen LogP contribution in [0.25, 0.3) is 0 Å². The maximum absolute atomic E-state index is 12.8. The second-order valence-corrected chi connectivity index (χ2v) is 5.97. The van der Waals surface area contributed by atoms with Crippen molar-refractivity contribution in [1.82, 2.24) is 0 Å². The summed E-state index contributed by atoms with van der Waals surface area (Å²) in [6.07, 6.45) is -9.55. The van der Waals surface area contributed by atoms with Crippen molar-refractivity contribution in [2.75, 3.05) is 5.32 Å². The summed E-state index contributed by atoms with van der Waals surface area (Å²) in [5.74, 6) is -0.727. The van der Waals surface area contributed by atoms with Crippen molar-refractivity contribution >= 4 is 27.5 Å². The third-order valence-electron chi connectivity index (χ3n) is 3.17. The van der Waals surface area contributed by atoms with Gasteiger partial charge in [-0.25, -0.2) is 0 Å². The number of nitrogens with one attached hydrogen (secondary N) is 1. The summed E-state index contributed by atoms with van der Waals surface area (Å²) < 4.78 is 76.2. The van der Waals surface area contributed by atoms with E-state index in [4.69, 9.17) is 0 Å². The van der Waals surface area contributed by atoms with Crippen molar-refractivity contribution in [2.24, 2.45) is 0 Å². The topological polar surface area (TPSA) is 29.1 Å². The van der Waals surface area contributed by atoms with E-state index in [1.807, 2.05) is 0 Å². The van der Waals surface area contributed by atoms with Crippen LogP contribution in [0, 0.1) is 0 Å². The maximum atomic E-state index is 12.8. The Morgan fingerprint density at radius 1 is 0.960 bits per heavy atom. The minimum atomic E-state index is -4.61. The monoisotopic (exact) mass is 425 g/mol. The van der Waals surface area contributed by atoms with Crippen molar-refractivity contribution in [3.8, 4) is 0 Å². The molecule has 2 aromatic carbocycles. The molecule has 0 heterocycles. The number of alkyl halides is 6. The molecule has 0 atom stereocenters. The van der Waals surface area contributed by atoms with Gasteiger partial charge in [-0.15, -0.1) is 0 Å². The Kier molecular flexibility index (Phi) is 5.46. The predicted octanol–water partition coefficient (Wildman–Crippen LogP) is 5.67. The molecule has 0 aliphatic carbocycles. The highest BCUT2D eigenvalue weighted by atomic mass is 79.9. The first-order valence-electron chi connectivity index (χ1n) is 6.79. The lowest BCUT2D eigenvalue weighted by Gasteiger charge is -2.12. The molecular weight excluding hydrogens is 416 g/mol. The summed E-state index contributed by atoms with van der Waals surface area (Å²) >= 11 is 2.77. The fourth-order valence-electron chi connectivity index (χ4n) is 2.07. The minimum absolute atomic E-state index is 0.0977. The number of anilines is 1. The third kappa shape index (κ3) is 5.22. The first-order chi connectivity index (χ1) is 11.5. The van der Waals surface area contributed by atoms with Gasteiger partial charge in [0.15, 0.2) is 0 Å². The van der Waals surface area contributed by atoms with Gasteiger partial charge in [0.25, 0.3) is 0 Å². The molecule has 0 unspecified atom stereocenters. The number of halogens is 7. The Morgan fingerprint density at radius 2 is 1.64 bits per heavy atom. The normalized spacial score (nSPS) is 12.1. The van der Waals surface area contributed by atoms with Gasteiger partial charge in [-0.05, 0) is 29.8 Å². The highest BCUT2D eigenvalue weighted by Crippen LogP contribution is 2.36. The molecule has 0 bridgehead atoms. The van der Waals surface area contributed by atoms with E-state index >= 15 is 0 Å². The van der Waals surface area contributed by atoms with Crippen molar-refractivity contribution in [3.05, 3.63) is 63.6 Å². The van der Waals surface area contributed by atoms with E-state index in [1.165, 1.54) is 12.1 Å². The molecule has 0 aromatic heterocycles. The Balaban J connectivity index is 2.14. The number of hydrogen-bond acceptors (Lipinski definition) is 1. The smallest absolute Gasteiger partial charge is 0.326 e. The fourth-order valence-corrected chi connectivity index (χ4v) is 2.54. The van der Waals surface area contributed by atoms with E-state index in [-0.39, 0.29) is 15.7 Å². The van der Waals surface area contributed by atoms with Gasteiger partial charge in [-0.1, -0.05) is 34.1 Å². The SMILES string of the molecule is O=C(Cc1cccc(C(F)(F)F)c1)Nc1ccc(Br)c(C(F)(F)F)c1. The van der Waals surface area contributed by atoms with Crippen LogP contribution in [0.1, 0.15) is 16.7 Å². The zero-order valence-corrected chi connectivity index (χ0v) is 13.9. The average Bonchev–Trinajstić information content (AvgIpc) is 2.47. The molecule has 134 valence electrons. The lowest BCUT2D eigenvalue weighted by atomic mass is 10.1. The number of carbonyl (C=O) groups excluding carboxylic acids is 1. The van der Waals surface area contributed by atoms with Crippen molar-refractivity contribution in [2.45, 2.75) is 18.8 Å². The highest BCUT2D eigenvalue weighted by molar-refractivity contribution is 9.10. The quantitative estimate of drug-likeness (QED) is 0.630. The average molecular weight is 426 g/mol. The first kappa shape index (κ1) is 19.3. The van der Waals surface area contributed by atoms with E-state index in [1.54, 1.807) is 0 Å². The van der Waals surface area contributed by atoms with Crippen molar-refractivity contribution < 1.29 is 31.1 Å². The molecule has 0 radical (unpaired) electrons. The summed E-state index contributed by atoms with van der Waals surface area (Å²) in [6.45, 7) is 0. The second kappa shape index (κ2) is 7.07. The molecule has 0 aliphatic rings. The number of hydrogen-bond donors (Lipinski definition) is 1.